The molecule has 0 aliphatic carbocycles. The highest BCUT2D eigenvalue weighted by molar-refractivity contribution is 5.93. The lowest BCUT2D eigenvalue weighted by Crippen LogP contribution is -2.25. The zero-order valence-corrected chi connectivity index (χ0v) is 10.5. The van der Waals surface area contributed by atoms with Gasteiger partial charge in [0.15, 0.2) is 0 Å². The second-order valence-electron chi connectivity index (χ2n) is 4.27. The van der Waals surface area contributed by atoms with E-state index in [4.69, 9.17) is 5.11 Å². The number of nitrogens with one attached hydrogen (secondary N) is 1. The van der Waals surface area contributed by atoms with E-state index in [0.29, 0.717) is 0 Å². The molecule has 0 aliphatic heterocycles. The van der Waals surface area contributed by atoms with Crippen LogP contribution in [0.4, 0.5) is 5.69 Å². The molecular weight excluding hydrogens is 228 g/mol. The van der Waals surface area contributed by atoms with Crippen LogP contribution in [0.15, 0.2) is 30.5 Å². The number of carboxylic acid groups (broad SMARTS) is 1. The van der Waals surface area contributed by atoms with Crippen LogP contribution in [0.3, 0.4) is 0 Å². The number of aliphatic carboxylic acids is 1. The number of benzene rings is 1. The number of anilines is 1. The van der Waals surface area contributed by atoms with E-state index in [1.807, 2.05) is 12.1 Å². The van der Waals surface area contributed by atoms with E-state index < -0.39 is 12.0 Å². The minimum absolute atomic E-state index is 0.624. The quantitative estimate of drug-likeness (QED) is 0.868. The fraction of sp³-hybridized carbons (Fsp3) is 0.286. The Balaban J connectivity index is 2.46. The third-order valence-corrected chi connectivity index (χ3v) is 2.96. The summed E-state index contributed by atoms with van der Waals surface area (Å²) in [7, 11) is 0. The van der Waals surface area contributed by atoms with Gasteiger partial charge >= 0.3 is 5.97 Å². The van der Waals surface area contributed by atoms with Crippen molar-refractivity contribution in [3.8, 4) is 0 Å². The van der Waals surface area contributed by atoms with Crippen LogP contribution in [0.5, 0.6) is 0 Å². The van der Waals surface area contributed by atoms with Crippen molar-refractivity contribution in [3.05, 3.63) is 36.0 Å². The highest BCUT2D eigenvalue weighted by Gasteiger charge is 2.12. The molecule has 1 aromatic carbocycles. The Morgan fingerprint density at radius 3 is 2.89 bits per heavy atom. The van der Waals surface area contributed by atoms with Gasteiger partial charge in [-0.25, -0.2) is 0 Å². The van der Waals surface area contributed by atoms with Crippen molar-refractivity contribution in [1.82, 2.24) is 4.98 Å². The summed E-state index contributed by atoms with van der Waals surface area (Å²) in [4.78, 5) is 15.2. The van der Waals surface area contributed by atoms with Gasteiger partial charge in [0.2, 0.25) is 0 Å². The van der Waals surface area contributed by atoms with Crippen LogP contribution in [-0.2, 0) is 11.2 Å². The van der Waals surface area contributed by atoms with Gasteiger partial charge in [-0.3, -0.25) is 9.78 Å². The zero-order valence-electron chi connectivity index (χ0n) is 10.5. The molecule has 0 radical (unpaired) electrons. The molecule has 0 amide bonds. The van der Waals surface area contributed by atoms with Crippen molar-refractivity contribution in [2.24, 2.45) is 0 Å². The molecule has 94 valence electrons. The molecule has 18 heavy (non-hydrogen) atoms. The third kappa shape index (κ3) is 2.42. The lowest BCUT2D eigenvalue weighted by molar-refractivity contribution is -0.137. The highest BCUT2D eigenvalue weighted by Crippen LogP contribution is 2.23. The predicted molar refractivity (Wildman–Crippen MR) is 71.8 cm³/mol. The summed E-state index contributed by atoms with van der Waals surface area (Å²) in [5.41, 5.74) is 2.89. The molecule has 2 rings (SSSR count). The molecule has 1 atom stereocenters. The van der Waals surface area contributed by atoms with Gasteiger partial charge < -0.3 is 10.4 Å². The van der Waals surface area contributed by atoms with E-state index in [1.54, 1.807) is 19.2 Å². The third-order valence-electron chi connectivity index (χ3n) is 2.96. The molecule has 0 unspecified atom stereocenters. The van der Waals surface area contributed by atoms with Gasteiger partial charge in [0, 0.05) is 17.3 Å². The van der Waals surface area contributed by atoms with Gasteiger partial charge in [-0.1, -0.05) is 13.0 Å². The lowest BCUT2D eigenvalue weighted by atomic mass is 10.1. The van der Waals surface area contributed by atoms with Crippen molar-refractivity contribution in [3.63, 3.8) is 0 Å². The number of aromatic nitrogens is 1. The normalized spacial score (nSPS) is 12.3. The maximum atomic E-state index is 10.9. The molecule has 4 heteroatoms. The smallest absolute Gasteiger partial charge is 0.325 e. The Bertz CT molecular complexity index is 581. The molecule has 0 aliphatic rings. The van der Waals surface area contributed by atoms with E-state index in [9.17, 15) is 4.79 Å². The van der Waals surface area contributed by atoms with Gasteiger partial charge in [-0.15, -0.1) is 0 Å². The van der Waals surface area contributed by atoms with Gasteiger partial charge in [0.05, 0.1) is 5.52 Å². The number of carbonyl (C=O) groups is 1. The number of hydrogen-bond acceptors (Lipinski definition) is 3. The van der Waals surface area contributed by atoms with Crippen LogP contribution >= 0.6 is 0 Å². The molecule has 0 fully saturated rings. The summed E-state index contributed by atoms with van der Waals surface area (Å²) >= 11 is 0. The summed E-state index contributed by atoms with van der Waals surface area (Å²) < 4.78 is 0. The van der Waals surface area contributed by atoms with Crippen molar-refractivity contribution >= 4 is 22.6 Å². The van der Waals surface area contributed by atoms with Crippen LogP contribution in [-0.4, -0.2) is 22.1 Å². The number of pyridine rings is 1. The van der Waals surface area contributed by atoms with Gasteiger partial charge in [0.25, 0.3) is 0 Å². The summed E-state index contributed by atoms with van der Waals surface area (Å²) in [5, 5.41) is 12.9. The first kappa shape index (κ1) is 12.4. The SMILES string of the molecule is CCc1ccc2nccc(N[C@@H](C)C(=O)O)c2c1. The molecule has 0 bridgehead atoms. The molecule has 0 saturated carbocycles. The Morgan fingerprint density at radius 1 is 1.44 bits per heavy atom. The van der Waals surface area contributed by atoms with Crippen LogP contribution in [0.2, 0.25) is 0 Å². The Labute approximate surface area is 106 Å². The van der Waals surface area contributed by atoms with E-state index in [1.165, 1.54) is 5.56 Å². The first-order chi connectivity index (χ1) is 8.61. The van der Waals surface area contributed by atoms with Crippen LogP contribution in [0.1, 0.15) is 19.4 Å². The van der Waals surface area contributed by atoms with Gasteiger partial charge in [-0.05, 0) is 37.1 Å². The molecule has 2 N–H and O–H groups in total. The maximum absolute atomic E-state index is 10.9. The van der Waals surface area contributed by atoms with Crippen LogP contribution in [0.25, 0.3) is 10.9 Å². The second kappa shape index (κ2) is 5.04. The Morgan fingerprint density at radius 2 is 2.22 bits per heavy atom. The topological polar surface area (TPSA) is 62.2 Å². The largest absolute Gasteiger partial charge is 0.480 e. The summed E-state index contributed by atoms with van der Waals surface area (Å²) in [5.74, 6) is -0.869. The molecule has 2 aromatic rings. The van der Waals surface area contributed by atoms with Crippen molar-refractivity contribution in [2.45, 2.75) is 26.3 Å². The number of hydrogen-bond donors (Lipinski definition) is 2. The van der Waals surface area contributed by atoms with E-state index in [0.717, 1.165) is 23.0 Å². The fourth-order valence-corrected chi connectivity index (χ4v) is 1.83. The second-order valence-corrected chi connectivity index (χ2v) is 4.27. The molecule has 1 heterocycles. The van der Waals surface area contributed by atoms with Crippen LogP contribution in [0, 0.1) is 0 Å². The molecule has 1 aromatic heterocycles. The first-order valence-electron chi connectivity index (χ1n) is 5.98. The average molecular weight is 244 g/mol. The van der Waals surface area contributed by atoms with E-state index >= 15 is 0 Å². The monoisotopic (exact) mass is 244 g/mol. The maximum Gasteiger partial charge on any atom is 0.325 e. The molecule has 4 nitrogen and oxygen atoms in total. The number of carboxylic acids is 1. The van der Waals surface area contributed by atoms with Crippen molar-refractivity contribution < 1.29 is 9.90 Å². The van der Waals surface area contributed by atoms with Gasteiger partial charge in [-0.2, -0.15) is 0 Å². The predicted octanol–water partition coefficient (Wildman–Crippen LogP) is 2.68. The molecule has 0 spiro atoms. The standard InChI is InChI=1S/C14H16N2O2/c1-3-10-4-5-12-11(8-10)13(6-7-15-12)16-9(2)14(17)18/h4-9H,3H2,1-2H3,(H,15,16)(H,17,18)/t9-/m0/s1. The lowest BCUT2D eigenvalue weighted by Gasteiger charge is -2.13. The highest BCUT2D eigenvalue weighted by atomic mass is 16.4. The molecule has 0 saturated heterocycles. The van der Waals surface area contributed by atoms with Crippen LogP contribution < -0.4 is 5.32 Å². The minimum atomic E-state index is -0.869. The Kier molecular flexibility index (Phi) is 3.46. The number of aryl methyl sites for hydroxylation is 1. The Hall–Kier alpha value is -2.10. The summed E-state index contributed by atoms with van der Waals surface area (Å²) in [6.45, 7) is 3.71. The van der Waals surface area contributed by atoms with E-state index in [2.05, 4.69) is 23.3 Å². The minimum Gasteiger partial charge on any atom is -0.480 e. The summed E-state index contributed by atoms with van der Waals surface area (Å²) in [6, 6.07) is 7.24. The van der Waals surface area contributed by atoms with Crippen molar-refractivity contribution in [2.75, 3.05) is 5.32 Å². The average Bonchev–Trinajstić information content (AvgIpc) is 2.38. The van der Waals surface area contributed by atoms with Gasteiger partial charge in [0.1, 0.15) is 6.04 Å². The number of fused-ring (bicyclic) bond motifs is 1. The number of rotatable bonds is 4. The summed E-state index contributed by atoms with van der Waals surface area (Å²) in [6.07, 6.45) is 2.63. The first-order valence-corrected chi connectivity index (χ1v) is 5.98. The molecular formula is C14H16N2O2. The van der Waals surface area contributed by atoms with Crippen molar-refractivity contribution in [1.29, 1.82) is 0 Å². The fourth-order valence-electron chi connectivity index (χ4n) is 1.83. The van der Waals surface area contributed by atoms with E-state index in [-0.39, 0.29) is 0 Å². The number of nitrogens with zero attached hydrogens (tertiary/aromatic N) is 1. The zero-order chi connectivity index (χ0) is 13.1.